The van der Waals surface area contributed by atoms with Crippen LogP contribution in [0.3, 0.4) is 0 Å². The van der Waals surface area contributed by atoms with Crippen LogP contribution in [0.5, 0.6) is 0 Å². The highest BCUT2D eigenvalue weighted by Gasteiger charge is 2.22. The Bertz CT molecular complexity index is 7330. The highest BCUT2D eigenvalue weighted by Crippen LogP contribution is 2.45. The van der Waals surface area contributed by atoms with E-state index in [4.69, 9.17) is 29.9 Å². The van der Waals surface area contributed by atoms with Gasteiger partial charge in [-0.3, -0.25) is 0 Å². The number of para-hydroxylation sites is 2. The van der Waals surface area contributed by atoms with Gasteiger partial charge >= 0.3 is 0 Å². The van der Waals surface area contributed by atoms with E-state index in [0.29, 0.717) is 34.9 Å². The number of fused-ring (bicyclic) bond motifs is 12. The Morgan fingerprint density at radius 2 is 0.455 bits per heavy atom. The fraction of sp³-hybridized carbons (Fsp3) is 0. The first-order chi connectivity index (χ1) is 55.5. The van der Waals surface area contributed by atoms with E-state index < -0.39 is 0 Å². The minimum absolute atomic E-state index is 0.624. The highest BCUT2D eigenvalue weighted by atomic mass is 32.1. The molecule has 0 saturated carbocycles. The number of aromatic nitrogens is 8. The first-order valence-electron chi connectivity index (χ1n) is 37.5. The van der Waals surface area contributed by atoms with Crippen LogP contribution in [0.2, 0.25) is 0 Å². The van der Waals surface area contributed by atoms with Gasteiger partial charge in [-0.1, -0.05) is 315 Å². The molecule has 0 aliphatic carbocycles. The number of thiophene rings is 2. The van der Waals surface area contributed by atoms with Gasteiger partial charge in [0.05, 0.1) is 22.1 Å². The molecule has 22 aromatic rings. The largest absolute Gasteiger partial charge is 0.309 e. The van der Waals surface area contributed by atoms with Crippen molar-refractivity contribution in [2.75, 3.05) is 0 Å². The van der Waals surface area contributed by atoms with Crippen LogP contribution in [0.15, 0.2) is 388 Å². The van der Waals surface area contributed by atoms with Crippen molar-refractivity contribution in [2.24, 2.45) is 0 Å². The van der Waals surface area contributed by atoms with Crippen LogP contribution >= 0.6 is 22.7 Å². The van der Waals surface area contributed by atoms with Crippen molar-refractivity contribution in [3.8, 4) is 124 Å². The Morgan fingerprint density at radius 1 is 0.170 bits per heavy atom. The van der Waals surface area contributed by atoms with E-state index >= 15 is 0 Å². The number of benzene rings is 16. The van der Waals surface area contributed by atoms with Crippen LogP contribution in [0, 0.1) is 0 Å². The molecule has 0 spiro atoms. The van der Waals surface area contributed by atoms with E-state index in [2.05, 4.69) is 312 Å². The SMILES string of the molecule is c1ccc(-c2cccc(-c3nc(-c4ccccc4)nc(-c4cccc(-n5c6ccccc6c6ccc(-c7cccc8c7sc7ccccc78)cc65)c4)n3)c2)cc1.c1ccc(-c2nc(-c3ccccc3)nc(-c3cccc(-c4cccc(-n5c6ccccc6c6ccc(-c7cccc8c7sc7ccccc78)cc65)c4)c3)n2)cc1. The maximum Gasteiger partial charge on any atom is 0.164 e. The van der Waals surface area contributed by atoms with Gasteiger partial charge in [0.15, 0.2) is 34.9 Å². The molecule has 0 atom stereocenters. The Morgan fingerprint density at radius 3 is 0.884 bits per heavy atom. The van der Waals surface area contributed by atoms with Crippen molar-refractivity contribution in [3.05, 3.63) is 388 Å². The lowest BCUT2D eigenvalue weighted by molar-refractivity contribution is 1.07. The molecule has 22 rings (SSSR count). The van der Waals surface area contributed by atoms with Crippen LogP contribution in [-0.4, -0.2) is 39.0 Å². The smallest absolute Gasteiger partial charge is 0.164 e. The standard InChI is InChI=1S/2C51H32N4S/c1-3-14-33(15-4-1)49-52-50(34-16-5-2-6-17-34)54-51(53-49)38-20-11-18-35(30-38)36-19-12-21-39(31-36)55-45-26-9-7-22-41(45)42-29-28-37(32-46(42)55)40-24-13-25-44-43-23-8-10-27-47(43)56-48(40)44;1-3-14-33(15-4-1)35-18-11-19-37(30-35)50-52-49(34-16-5-2-6-17-34)53-51(54-50)38-20-12-21-39(31-38)55-45-26-9-7-22-41(45)42-29-28-36(32-46(42)55)40-24-13-25-44-43-23-8-10-27-47(43)56-48(40)44/h2*1-32H. The first kappa shape index (κ1) is 65.8. The number of nitrogens with zero attached hydrogens (tertiary/aromatic N) is 8. The van der Waals surface area contributed by atoms with E-state index in [1.807, 2.05) is 108 Å². The molecule has 6 heterocycles. The predicted molar refractivity (Wildman–Crippen MR) is 468 cm³/mol. The van der Waals surface area contributed by atoms with E-state index in [0.717, 1.165) is 78.0 Å². The molecule has 112 heavy (non-hydrogen) atoms. The van der Waals surface area contributed by atoms with Crippen molar-refractivity contribution >= 4 is 107 Å². The molecule has 16 aromatic carbocycles. The van der Waals surface area contributed by atoms with E-state index in [9.17, 15) is 0 Å². The molecule has 0 bridgehead atoms. The van der Waals surface area contributed by atoms with Gasteiger partial charge in [-0.05, 0) is 117 Å². The second-order valence-electron chi connectivity index (χ2n) is 28.1. The van der Waals surface area contributed by atoms with Gasteiger partial charge < -0.3 is 9.13 Å². The summed E-state index contributed by atoms with van der Waals surface area (Å²) in [6.45, 7) is 0. The average Bonchev–Trinajstić information content (AvgIpc) is 1.58. The molecule has 8 nitrogen and oxygen atoms in total. The second-order valence-corrected chi connectivity index (χ2v) is 30.2. The van der Waals surface area contributed by atoms with Gasteiger partial charge in [0.1, 0.15) is 0 Å². The van der Waals surface area contributed by atoms with E-state index in [-0.39, 0.29) is 0 Å². The summed E-state index contributed by atoms with van der Waals surface area (Å²) in [4.78, 5) is 30.2. The van der Waals surface area contributed by atoms with E-state index in [1.165, 1.54) is 95.2 Å². The molecule has 0 aliphatic heterocycles. The molecule has 0 unspecified atom stereocenters. The van der Waals surface area contributed by atoms with Gasteiger partial charge in [-0.2, -0.15) is 0 Å². The fourth-order valence-electron chi connectivity index (χ4n) is 16.0. The monoisotopic (exact) mass is 1460 g/mol. The molecule has 10 heteroatoms. The second kappa shape index (κ2) is 28.0. The van der Waals surface area contributed by atoms with Gasteiger partial charge in [-0.25, -0.2) is 29.9 Å². The van der Waals surface area contributed by atoms with Crippen molar-refractivity contribution in [1.29, 1.82) is 0 Å². The molecule has 0 N–H and O–H groups in total. The van der Waals surface area contributed by atoms with Crippen LogP contribution in [0.25, 0.3) is 208 Å². The van der Waals surface area contributed by atoms with Crippen molar-refractivity contribution < 1.29 is 0 Å². The zero-order valence-corrected chi connectivity index (χ0v) is 62.0. The summed E-state index contributed by atoms with van der Waals surface area (Å²) in [5, 5.41) is 10.1. The summed E-state index contributed by atoms with van der Waals surface area (Å²) in [6, 6.07) is 137. The normalized spacial score (nSPS) is 11.6. The lowest BCUT2D eigenvalue weighted by Gasteiger charge is -2.12. The summed E-state index contributed by atoms with van der Waals surface area (Å²) in [5.74, 6) is 3.83. The Kier molecular flexibility index (Phi) is 16.4. The Balaban J connectivity index is 0.000000141. The lowest BCUT2D eigenvalue weighted by Crippen LogP contribution is -2.01. The first-order valence-corrected chi connectivity index (χ1v) is 39.2. The highest BCUT2D eigenvalue weighted by molar-refractivity contribution is 7.26. The maximum absolute atomic E-state index is 5.15. The zero-order valence-electron chi connectivity index (χ0n) is 60.3. The van der Waals surface area contributed by atoms with Crippen molar-refractivity contribution in [3.63, 3.8) is 0 Å². The molecule has 0 amide bonds. The van der Waals surface area contributed by atoms with Gasteiger partial charge in [-0.15, -0.1) is 22.7 Å². The number of hydrogen-bond acceptors (Lipinski definition) is 8. The van der Waals surface area contributed by atoms with Crippen molar-refractivity contribution in [2.45, 2.75) is 0 Å². The lowest BCUT2D eigenvalue weighted by atomic mass is 10.0. The predicted octanol–water partition coefficient (Wildman–Crippen LogP) is 27.3. The third kappa shape index (κ3) is 11.9. The molecular formula is C102H64N8S2. The maximum atomic E-state index is 5.15. The Labute approximate surface area is 653 Å². The van der Waals surface area contributed by atoms with Crippen LogP contribution in [0.1, 0.15) is 0 Å². The third-order valence-corrected chi connectivity index (χ3v) is 23.7. The molecule has 524 valence electrons. The van der Waals surface area contributed by atoms with Gasteiger partial charge in [0, 0.05) is 107 Å². The summed E-state index contributed by atoms with van der Waals surface area (Å²) in [7, 11) is 0. The molecule has 0 aliphatic rings. The minimum Gasteiger partial charge on any atom is -0.309 e. The fourth-order valence-corrected chi connectivity index (χ4v) is 18.5. The summed E-state index contributed by atoms with van der Waals surface area (Å²) in [5.41, 5.74) is 21.8. The zero-order chi connectivity index (χ0) is 74.0. The summed E-state index contributed by atoms with van der Waals surface area (Å²) in [6.07, 6.45) is 0. The van der Waals surface area contributed by atoms with E-state index in [1.54, 1.807) is 0 Å². The van der Waals surface area contributed by atoms with Gasteiger partial charge in [0.25, 0.3) is 0 Å². The third-order valence-electron chi connectivity index (χ3n) is 21.3. The number of hydrogen-bond donors (Lipinski definition) is 0. The Hall–Kier alpha value is -14.4. The molecule has 0 fully saturated rings. The van der Waals surface area contributed by atoms with Crippen LogP contribution in [-0.2, 0) is 0 Å². The molecule has 0 radical (unpaired) electrons. The van der Waals surface area contributed by atoms with Crippen molar-refractivity contribution in [1.82, 2.24) is 39.0 Å². The average molecular weight is 1470 g/mol. The molecular weight excluding hydrogens is 1400 g/mol. The van der Waals surface area contributed by atoms with Crippen LogP contribution in [0.4, 0.5) is 0 Å². The number of rotatable bonds is 12. The molecule has 6 aromatic heterocycles. The summed E-state index contributed by atoms with van der Waals surface area (Å²) < 4.78 is 10.1. The quantitative estimate of drug-likeness (QED) is 0.121. The summed E-state index contributed by atoms with van der Waals surface area (Å²) >= 11 is 3.74. The molecule has 0 saturated heterocycles. The minimum atomic E-state index is 0.624. The van der Waals surface area contributed by atoms with Gasteiger partial charge in [0.2, 0.25) is 0 Å². The van der Waals surface area contributed by atoms with Crippen LogP contribution < -0.4 is 0 Å². The topological polar surface area (TPSA) is 87.2 Å².